The van der Waals surface area contributed by atoms with Crippen LogP contribution in [0.5, 0.6) is 0 Å². The van der Waals surface area contributed by atoms with Crippen LogP contribution in [0.2, 0.25) is 0 Å². The number of carboxylic acid groups (broad SMARTS) is 1. The maximum atomic E-state index is 10.8. The molecule has 4 heteroatoms. The standard InChI is InChI=1S/C13H16N2O2/c1-10(2)15(9-13(16)17)8-12-6-4-3-5-11(12)7-14/h3-6,10H,8-9H2,1-2H3,(H,16,17). The lowest BCUT2D eigenvalue weighted by Crippen LogP contribution is -2.35. The van der Waals surface area contributed by atoms with Gasteiger partial charge < -0.3 is 5.11 Å². The van der Waals surface area contributed by atoms with E-state index in [2.05, 4.69) is 6.07 Å². The van der Waals surface area contributed by atoms with Gasteiger partial charge in [-0.2, -0.15) is 5.26 Å². The van der Waals surface area contributed by atoms with Crippen molar-refractivity contribution >= 4 is 5.97 Å². The Morgan fingerprint density at radius 2 is 2.12 bits per heavy atom. The summed E-state index contributed by atoms with van der Waals surface area (Å²) in [6, 6.07) is 9.50. The monoisotopic (exact) mass is 232 g/mol. The van der Waals surface area contributed by atoms with Crippen molar-refractivity contribution in [3.05, 3.63) is 35.4 Å². The van der Waals surface area contributed by atoms with Crippen molar-refractivity contribution < 1.29 is 9.90 Å². The van der Waals surface area contributed by atoms with E-state index >= 15 is 0 Å². The molecule has 0 aliphatic heterocycles. The van der Waals surface area contributed by atoms with Gasteiger partial charge in [0.1, 0.15) is 0 Å². The van der Waals surface area contributed by atoms with Gasteiger partial charge in [-0.05, 0) is 25.5 Å². The molecule has 0 heterocycles. The Labute approximate surface area is 101 Å². The zero-order valence-electron chi connectivity index (χ0n) is 10.1. The molecule has 0 saturated heterocycles. The third kappa shape index (κ3) is 3.89. The van der Waals surface area contributed by atoms with Gasteiger partial charge in [0.05, 0.1) is 18.2 Å². The van der Waals surface area contributed by atoms with E-state index in [9.17, 15) is 4.79 Å². The van der Waals surface area contributed by atoms with Gasteiger partial charge in [-0.15, -0.1) is 0 Å². The van der Waals surface area contributed by atoms with Crippen molar-refractivity contribution in [3.63, 3.8) is 0 Å². The van der Waals surface area contributed by atoms with Gasteiger partial charge in [-0.25, -0.2) is 0 Å². The summed E-state index contributed by atoms with van der Waals surface area (Å²) in [5.41, 5.74) is 1.47. The van der Waals surface area contributed by atoms with Crippen LogP contribution < -0.4 is 0 Å². The molecular weight excluding hydrogens is 216 g/mol. The minimum absolute atomic E-state index is 0.0164. The number of nitrogens with zero attached hydrogens (tertiary/aromatic N) is 2. The zero-order chi connectivity index (χ0) is 12.8. The summed E-state index contributed by atoms with van der Waals surface area (Å²) >= 11 is 0. The van der Waals surface area contributed by atoms with Crippen LogP contribution in [0.1, 0.15) is 25.0 Å². The fourth-order valence-electron chi connectivity index (χ4n) is 1.58. The van der Waals surface area contributed by atoms with Gasteiger partial charge in [0, 0.05) is 12.6 Å². The van der Waals surface area contributed by atoms with Crippen molar-refractivity contribution in [1.82, 2.24) is 4.90 Å². The molecule has 1 aromatic rings. The van der Waals surface area contributed by atoms with Crippen LogP contribution in [0.15, 0.2) is 24.3 Å². The van der Waals surface area contributed by atoms with Crippen molar-refractivity contribution in [1.29, 1.82) is 5.26 Å². The maximum absolute atomic E-state index is 10.8. The second-order valence-corrected chi connectivity index (χ2v) is 4.16. The molecular formula is C13H16N2O2. The van der Waals surface area contributed by atoms with Gasteiger partial charge in [-0.3, -0.25) is 9.69 Å². The van der Waals surface area contributed by atoms with E-state index < -0.39 is 5.97 Å². The van der Waals surface area contributed by atoms with Crippen LogP contribution >= 0.6 is 0 Å². The summed E-state index contributed by atoms with van der Waals surface area (Å²) in [6.45, 7) is 4.35. The highest BCUT2D eigenvalue weighted by atomic mass is 16.4. The first-order chi connectivity index (χ1) is 8.04. The molecule has 0 radical (unpaired) electrons. The van der Waals surface area contributed by atoms with Crippen LogP contribution in [0.3, 0.4) is 0 Å². The fourth-order valence-corrected chi connectivity index (χ4v) is 1.58. The number of benzene rings is 1. The Bertz CT molecular complexity index is 435. The smallest absolute Gasteiger partial charge is 0.317 e. The van der Waals surface area contributed by atoms with Gasteiger partial charge in [-0.1, -0.05) is 18.2 Å². The number of hydrogen-bond donors (Lipinski definition) is 1. The highest BCUT2D eigenvalue weighted by Crippen LogP contribution is 2.12. The van der Waals surface area contributed by atoms with Crippen LogP contribution in [-0.2, 0) is 11.3 Å². The summed E-state index contributed by atoms with van der Waals surface area (Å²) in [7, 11) is 0. The molecule has 0 aliphatic rings. The van der Waals surface area contributed by atoms with E-state index in [1.54, 1.807) is 12.1 Å². The predicted octanol–water partition coefficient (Wildman–Crippen LogP) is 1.85. The summed E-state index contributed by atoms with van der Waals surface area (Å²) < 4.78 is 0. The lowest BCUT2D eigenvalue weighted by molar-refractivity contribution is -0.138. The molecule has 0 bridgehead atoms. The third-order valence-electron chi connectivity index (χ3n) is 2.58. The normalized spacial score (nSPS) is 10.5. The van der Waals surface area contributed by atoms with Crippen LogP contribution in [0, 0.1) is 11.3 Å². The lowest BCUT2D eigenvalue weighted by Gasteiger charge is -2.24. The summed E-state index contributed by atoms with van der Waals surface area (Å²) in [4.78, 5) is 12.6. The second kappa shape index (κ2) is 6.02. The molecule has 0 unspecified atom stereocenters. The molecule has 1 aromatic carbocycles. The van der Waals surface area contributed by atoms with E-state index in [4.69, 9.17) is 10.4 Å². The highest BCUT2D eigenvalue weighted by molar-refractivity contribution is 5.69. The molecule has 17 heavy (non-hydrogen) atoms. The van der Waals surface area contributed by atoms with Gasteiger partial charge in [0.15, 0.2) is 0 Å². The first-order valence-electron chi connectivity index (χ1n) is 5.48. The average Bonchev–Trinajstić information content (AvgIpc) is 2.28. The maximum Gasteiger partial charge on any atom is 0.317 e. The molecule has 0 atom stereocenters. The van der Waals surface area contributed by atoms with Crippen LogP contribution in [-0.4, -0.2) is 28.6 Å². The number of rotatable bonds is 5. The van der Waals surface area contributed by atoms with Gasteiger partial charge in [0.2, 0.25) is 0 Å². The summed E-state index contributed by atoms with van der Waals surface area (Å²) in [6.07, 6.45) is 0. The van der Waals surface area contributed by atoms with E-state index in [1.807, 2.05) is 30.9 Å². The van der Waals surface area contributed by atoms with E-state index in [-0.39, 0.29) is 12.6 Å². The molecule has 0 fully saturated rings. The average molecular weight is 232 g/mol. The fraction of sp³-hybridized carbons (Fsp3) is 0.385. The zero-order valence-corrected chi connectivity index (χ0v) is 10.1. The van der Waals surface area contributed by atoms with E-state index in [1.165, 1.54) is 0 Å². The number of nitriles is 1. The van der Waals surface area contributed by atoms with Crippen molar-refractivity contribution in [3.8, 4) is 6.07 Å². The Morgan fingerprint density at radius 1 is 1.47 bits per heavy atom. The van der Waals surface area contributed by atoms with Crippen LogP contribution in [0.25, 0.3) is 0 Å². The minimum atomic E-state index is -0.854. The summed E-state index contributed by atoms with van der Waals surface area (Å²) in [5.74, 6) is -0.854. The SMILES string of the molecule is CC(C)N(CC(=O)O)Cc1ccccc1C#N. The predicted molar refractivity (Wildman–Crippen MR) is 64.3 cm³/mol. The molecule has 0 aromatic heterocycles. The largest absolute Gasteiger partial charge is 0.480 e. The van der Waals surface area contributed by atoms with Crippen molar-refractivity contribution in [2.75, 3.05) is 6.54 Å². The Kier molecular flexibility index (Phi) is 4.68. The minimum Gasteiger partial charge on any atom is -0.480 e. The van der Waals surface area contributed by atoms with E-state index in [0.29, 0.717) is 12.1 Å². The third-order valence-corrected chi connectivity index (χ3v) is 2.58. The van der Waals surface area contributed by atoms with Gasteiger partial charge >= 0.3 is 5.97 Å². The number of carbonyl (C=O) groups is 1. The Morgan fingerprint density at radius 3 is 2.65 bits per heavy atom. The Hall–Kier alpha value is -1.86. The molecule has 0 saturated carbocycles. The quantitative estimate of drug-likeness (QED) is 0.841. The molecule has 1 N–H and O–H groups in total. The van der Waals surface area contributed by atoms with Crippen LogP contribution in [0.4, 0.5) is 0 Å². The first kappa shape index (κ1) is 13.2. The molecule has 1 rings (SSSR count). The molecule has 0 aliphatic carbocycles. The molecule has 0 spiro atoms. The second-order valence-electron chi connectivity index (χ2n) is 4.16. The van der Waals surface area contributed by atoms with Gasteiger partial charge in [0.25, 0.3) is 0 Å². The van der Waals surface area contributed by atoms with E-state index in [0.717, 1.165) is 5.56 Å². The van der Waals surface area contributed by atoms with Crippen molar-refractivity contribution in [2.24, 2.45) is 0 Å². The number of hydrogen-bond acceptors (Lipinski definition) is 3. The molecule has 0 amide bonds. The topological polar surface area (TPSA) is 64.3 Å². The molecule has 90 valence electrons. The Balaban J connectivity index is 2.86. The highest BCUT2D eigenvalue weighted by Gasteiger charge is 2.15. The molecule has 4 nitrogen and oxygen atoms in total. The number of carboxylic acids is 1. The number of aliphatic carboxylic acids is 1. The lowest BCUT2D eigenvalue weighted by atomic mass is 10.1. The van der Waals surface area contributed by atoms with Crippen molar-refractivity contribution in [2.45, 2.75) is 26.4 Å². The summed E-state index contributed by atoms with van der Waals surface area (Å²) in [5, 5.41) is 17.8. The first-order valence-corrected chi connectivity index (χ1v) is 5.48.